The molecule has 0 aliphatic carbocycles. The van der Waals surface area contributed by atoms with Crippen molar-refractivity contribution in [3.05, 3.63) is 23.3 Å². The molecule has 2 saturated heterocycles. The van der Waals surface area contributed by atoms with Crippen molar-refractivity contribution in [2.75, 3.05) is 45.9 Å². The van der Waals surface area contributed by atoms with E-state index in [-0.39, 0.29) is 35.0 Å². The van der Waals surface area contributed by atoms with Gasteiger partial charge >= 0.3 is 5.97 Å². The number of ether oxygens (including phenoxy) is 2. The van der Waals surface area contributed by atoms with Gasteiger partial charge in [-0.05, 0) is 18.1 Å². The number of carboxylic acid groups (broad SMARTS) is 1. The second kappa shape index (κ2) is 9.50. The third-order valence-corrected chi connectivity index (χ3v) is 5.45. The van der Waals surface area contributed by atoms with E-state index in [1.54, 1.807) is 12.1 Å². The van der Waals surface area contributed by atoms with Crippen LogP contribution < -0.4 is 4.74 Å². The van der Waals surface area contributed by atoms with Crippen LogP contribution >= 0.6 is 0 Å². The molecule has 3 rings (SSSR count). The molecule has 2 aliphatic rings. The lowest BCUT2D eigenvalue weighted by atomic mass is 9.95. The third-order valence-electron chi connectivity index (χ3n) is 5.45. The topological polar surface area (TPSA) is 99.5 Å². The quantitative estimate of drug-likeness (QED) is 0.599. The molecule has 0 saturated carbocycles. The number of hydrogen-bond donors (Lipinski definition) is 2. The molecule has 158 valence electrons. The standard InChI is InChI=1S/C20H29BN2O6/c1-13(19(25)23-6-8-28-9-7-23)10-22-11-15(12-22)29-16-3-2-14(4-5-21)18(24)17(16)20(26)27/h2-3,13,15,24H,4-12,21H2,1H3,(H,26,27). The summed E-state index contributed by atoms with van der Waals surface area (Å²) in [6.07, 6.45) is 1.26. The maximum absolute atomic E-state index is 12.5. The van der Waals surface area contributed by atoms with Gasteiger partial charge in [-0.15, -0.1) is 0 Å². The van der Waals surface area contributed by atoms with Crippen LogP contribution in [0.4, 0.5) is 0 Å². The predicted molar refractivity (Wildman–Crippen MR) is 110 cm³/mol. The molecule has 0 bridgehead atoms. The Morgan fingerprint density at radius 1 is 1.31 bits per heavy atom. The molecule has 29 heavy (non-hydrogen) atoms. The zero-order valence-electron chi connectivity index (χ0n) is 17.1. The first-order chi connectivity index (χ1) is 13.9. The highest BCUT2D eigenvalue weighted by Gasteiger charge is 2.33. The van der Waals surface area contributed by atoms with E-state index in [9.17, 15) is 19.8 Å². The number of carbonyl (C=O) groups is 2. The highest BCUT2D eigenvalue weighted by atomic mass is 16.5. The van der Waals surface area contributed by atoms with E-state index in [1.807, 2.05) is 19.7 Å². The summed E-state index contributed by atoms with van der Waals surface area (Å²) in [4.78, 5) is 28.1. The normalized spacial score (nSPS) is 18.9. The van der Waals surface area contributed by atoms with Gasteiger partial charge in [0.1, 0.15) is 31.0 Å². The summed E-state index contributed by atoms with van der Waals surface area (Å²) in [5, 5.41) is 19.8. The van der Waals surface area contributed by atoms with Crippen LogP contribution in [0.15, 0.2) is 12.1 Å². The maximum atomic E-state index is 12.5. The fourth-order valence-electron chi connectivity index (χ4n) is 3.88. The highest BCUT2D eigenvalue weighted by molar-refractivity contribution is 6.08. The highest BCUT2D eigenvalue weighted by Crippen LogP contribution is 2.33. The fourth-order valence-corrected chi connectivity index (χ4v) is 3.88. The molecule has 2 aliphatic heterocycles. The van der Waals surface area contributed by atoms with Crippen LogP contribution in [0.2, 0.25) is 6.32 Å². The molecule has 1 unspecified atom stereocenters. The molecule has 0 radical (unpaired) electrons. The molecule has 0 spiro atoms. The maximum Gasteiger partial charge on any atom is 0.343 e. The van der Waals surface area contributed by atoms with Gasteiger partial charge in [0, 0.05) is 38.6 Å². The lowest BCUT2D eigenvalue weighted by molar-refractivity contribution is -0.140. The minimum Gasteiger partial charge on any atom is -0.507 e. The summed E-state index contributed by atoms with van der Waals surface area (Å²) in [7, 11) is 1.97. The minimum absolute atomic E-state index is 0.110. The number of phenols is 1. The van der Waals surface area contributed by atoms with Crippen molar-refractivity contribution < 1.29 is 29.3 Å². The Morgan fingerprint density at radius 2 is 2.00 bits per heavy atom. The van der Waals surface area contributed by atoms with E-state index in [0.29, 0.717) is 57.9 Å². The lowest BCUT2D eigenvalue weighted by Crippen LogP contribution is -2.56. The fraction of sp³-hybridized carbons (Fsp3) is 0.600. The molecule has 2 heterocycles. The van der Waals surface area contributed by atoms with Crippen molar-refractivity contribution in [2.24, 2.45) is 5.92 Å². The van der Waals surface area contributed by atoms with Crippen LogP contribution in [0.5, 0.6) is 11.5 Å². The van der Waals surface area contributed by atoms with Crippen LogP contribution in [0.1, 0.15) is 22.8 Å². The number of hydrogen-bond acceptors (Lipinski definition) is 6. The van der Waals surface area contributed by atoms with E-state index in [0.717, 1.165) is 6.32 Å². The number of benzene rings is 1. The molecule has 9 heteroatoms. The van der Waals surface area contributed by atoms with Gasteiger partial charge in [0.25, 0.3) is 0 Å². The Morgan fingerprint density at radius 3 is 2.62 bits per heavy atom. The Balaban J connectivity index is 1.53. The Labute approximate surface area is 171 Å². The summed E-state index contributed by atoms with van der Waals surface area (Å²) >= 11 is 0. The molecule has 1 amide bonds. The van der Waals surface area contributed by atoms with E-state index in [1.165, 1.54) is 0 Å². The number of morpholine rings is 1. The van der Waals surface area contributed by atoms with Gasteiger partial charge in [-0.1, -0.05) is 19.3 Å². The largest absolute Gasteiger partial charge is 0.507 e. The van der Waals surface area contributed by atoms with Gasteiger partial charge in [-0.3, -0.25) is 9.69 Å². The van der Waals surface area contributed by atoms with Crippen LogP contribution in [0.3, 0.4) is 0 Å². The molecule has 1 aromatic rings. The van der Waals surface area contributed by atoms with Gasteiger partial charge in [0.05, 0.1) is 13.2 Å². The third kappa shape index (κ3) is 5.03. The Bertz CT molecular complexity index is 747. The van der Waals surface area contributed by atoms with E-state index >= 15 is 0 Å². The van der Waals surface area contributed by atoms with Gasteiger partial charge in [0.2, 0.25) is 5.91 Å². The monoisotopic (exact) mass is 404 g/mol. The molecule has 2 N–H and O–H groups in total. The average molecular weight is 404 g/mol. The number of aromatic carboxylic acids is 1. The number of aryl methyl sites for hydroxylation is 1. The second-order valence-corrected chi connectivity index (χ2v) is 7.80. The van der Waals surface area contributed by atoms with Gasteiger partial charge < -0.3 is 24.6 Å². The first-order valence-corrected chi connectivity index (χ1v) is 10.2. The zero-order chi connectivity index (χ0) is 21.0. The lowest BCUT2D eigenvalue weighted by Gasteiger charge is -2.41. The first kappa shape index (κ1) is 21.5. The number of likely N-dealkylation sites (tertiary alicyclic amines) is 1. The summed E-state index contributed by atoms with van der Waals surface area (Å²) in [6.45, 7) is 6.28. The smallest absolute Gasteiger partial charge is 0.343 e. The van der Waals surface area contributed by atoms with E-state index < -0.39 is 5.97 Å². The second-order valence-electron chi connectivity index (χ2n) is 7.80. The van der Waals surface area contributed by atoms with Crippen LogP contribution in [0, 0.1) is 5.92 Å². The molecule has 0 aromatic heterocycles. The van der Waals surface area contributed by atoms with Crippen molar-refractivity contribution in [3.63, 3.8) is 0 Å². The summed E-state index contributed by atoms with van der Waals surface area (Å²) < 4.78 is 11.1. The number of amides is 1. The number of carbonyl (C=O) groups excluding carboxylic acids is 1. The van der Waals surface area contributed by atoms with Crippen LogP contribution in [-0.2, 0) is 16.0 Å². The molecule has 1 aromatic carbocycles. The Kier molecular flexibility index (Phi) is 7.02. The molecule has 1 atom stereocenters. The summed E-state index contributed by atoms with van der Waals surface area (Å²) in [5.41, 5.74) is 0.438. The van der Waals surface area contributed by atoms with Gasteiger partial charge in [-0.2, -0.15) is 0 Å². The molecular formula is C20H29BN2O6. The van der Waals surface area contributed by atoms with E-state index in [2.05, 4.69) is 4.90 Å². The Hall–Kier alpha value is -2.26. The molecular weight excluding hydrogens is 375 g/mol. The predicted octanol–water partition coefficient (Wildman–Crippen LogP) is 0.242. The number of rotatable bonds is 8. The number of carboxylic acids is 1. The number of aromatic hydroxyl groups is 1. The van der Waals surface area contributed by atoms with Gasteiger partial charge in [-0.25, -0.2) is 4.79 Å². The van der Waals surface area contributed by atoms with Crippen molar-refractivity contribution >= 4 is 19.7 Å². The van der Waals surface area contributed by atoms with Crippen molar-refractivity contribution in [1.29, 1.82) is 0 Å². The zero-order valence-corrected chi connectivity index (χ0v) is 17.1. The summed E-state index contributed by atoms with van der Waals surface area (Å²) in [6, 6.07) is 3.35. The van der Waals surface area contributed by atoms with Crippen molar-refractivity contribution in [2.45, 2.75) is 25.8 Å². The SMILES string of the molecule is BCCc1ccc(OC2CN(CC(C)C(=O)N3CCOCC3)C2)c(C(=O)O)c1O. The van der Waals surface area contributed by atoms with Crippen LogP contribution in [-0.4, -0.2) is 91.8 Å². The van der Waals surface area contributed by atoms with Crippen molar-refractivity contribution in [3.8, 4) is 11.5 Å². The van der Waals surface area contributed by atoms with E-state index in [4.69, 9.17) is 9.47 Å². The summed E-state index contributed by atoms with van der Waals surface area (Å²) in [5.74, 6) is -1.19. The first-order valence-electron chi connectivity index (χ1n) is 10.2. The molecule has 8 nitrogen and oxygen atoms in total. The number of nitrogens with zero attached hydrogens (tertiary/aromatic N) is 2. The average Bonchev–Trinajstić information content (AvgIpc) is 2.68. The van der Waals surface area contributed by atoms with Crippen LogP contribution in [0.25, 0.3) is 0 Å². The van der Waals surface area contributed by atoms with Crippen molar-refractivity contribution in [1.82, 2.24) is 9.80 Å². The molecule has 2 fully saturated rings. The minimum atomic E-state index is -1.20. The van der Waals surface area contributed by atoms with Gasteiger partial charge in [0.15, 0.2) is 0 Å².